The van der Waals surface area contributed by atoms with Gasteiger partial charge in [-0.15, -0.1) is 23.2 Å². The van der Waals surface area contributed by atoms with Gasteiger partial charge in [0.05, 0.1) is 5.34 Å². The third kappa shape index (κ3) is 44.9. The number of rotatable bonds is 0. The molecular formula is C21H31Cl5O2. The highest BCUT2D eigenvalue weighted by Crippen LogP contribution is 2.03. The first-order valence-corrected chi connectivity index (χ1v) is 11.1. The average molecular weight is 493 g/mol. The zero-order chi connectivity index (χ0) is 21.9. The molecule has 0 atom stereocenters. The molecule has 1 aliphatic heterocycles. The molecule has 0 amide bonds. The minimum absolute atomic E-state index is 0.194. The normalized spacial score (nSPS) is 10.8. The van der Waals surface area contributed by atoms with Crippen LogP contribution in [-0.2, 0) is 4.74 Å². The van der Waals surface area contributed by atoms with Crippen LogP contribution in [0.3, 0.4) is 0 Å². The minimum atomic E-state index is -0.750. The van der Waals surface area contributed by atoms with E-state index in [-0.39, 0.29) is 11.9 Å². The van der Waals surface area contributed by atoms with Crippen molar-refractivity contribution in [3.63, 3.8) is 0 Å². The zero-order valence-corrected chi connectivity index (χ0v) is 20.2. The molecular weight excluding hydrogens is 461 g/mol. The third-order valence-corrected chi connectivity index (χ3v) is 2.43. The predicted octanol–water partition coefficient (Wildman–Crippen LogP) is 7.88. The van der Waals surface area contributed by atoms with Crippen LogP contribution < -0.4 is 0 Å². The molecule has 2 aromatic carbocycles. The van der Waals surface area contributed by atoms with Gasteiger partial charge in [0.25, 0.3) is 0 Å². The first-order chi connectivity index (χ1) is 13.5. The third-order valence-electron chi connectivity index (χ3n) is 2.43. The molecule has 2 nitrogen and oxygen atoms in total. The maximum atomic E-state index is 7.57. The summed E-state index contributed by atoms with van der Waals surface area (Å²) in [5.74, 6) is 0. The van der Waals surface area contributed by atoms with Crippen molar-refractivity contribution in [1.29, 1.82) is 0 Å². The number of aliphatic hydroxyl groups is 1. The van der Waals surface area contributed by atoms with Gasteiger partial charge in [-0.1, -0.05) is 107 Å². The highest BCUT2D eigenvalue weighted by Gasteiger charge is 1.94. The zero-order valence-electron chi connectivity index (χ0n) is 16.4. The van der Waals surface area contributed by atoms with Crippen molar-refractivity contribution in [3.8, 4) is 0 Å². The average Bonchev–Trinajstić information content (AvgIpc) is 3.25. The Morgan fingerprint density at radius 3 is 1.21 bits per heavy atom. The summed E-state index contributed by atoms with van der Waals surface area (Å²) < 4.78 is 4.19. The maximum absolute atomic E-state index is 7.57. The van der Waals surface area contributed by atoms with Crippen molar-refractivity contribution in [2.24, 2.45) is 0 Å². The lowest BCUT2D eigenvalue weighted by molar-refractivity contribution is 0.198. The van der Waals surface area contributed by atoms with E-state index < -0.39 is 4.30 Å². The Hall–Kier alpha value is -0.190. The monoisotopic (exact) mass is 490 g/mol. The Kier molecular flexibility index (Phi) is 36.5. The molecule has 0 aliphatic carbocycles. The Morgan fingerprint density at radius 2 is 1.07 bits per heavy atom. The van der Waals surface area contributed by atoms with Crippen molar-refractivity contribution < 1.29 is 9.84 Å². The van der Waals surface area contributed by atoms with Crippen molar-refractivity contribution in [2.45, 2.75) is 31.0 Å². The van der Waals surface area contributed by atoms with Crippen LogP contribution in [0.15, 0.2) is 66.7 Å². The van der Waals surface area contributed by atoms with E-state index in [1.807, 2.05) is 54.6 Å². The lowest BCUT2D eigenvalue weighted by atomic mass is 10.2. The quantitative estimate of drug-likeness (QED) is 0.379. The summed E-state index contributed by atoms with van der Waals surface area (Å²) in [4.78, 5) is 0. The summed E-state index contributed by atoms with van der Waals surface area (Å²) in [6.45, 7) is 6.01. The summed E-state index contributed by atoms with van der Waals surface area (Å²) in [6, 6.07) is 22.3. The van der Waals surface area contributed by atoms with Gasteiger partial charge >= 0.3 is 0 Å². The largest absolute Gasteiger partial charge is 0.397 e. The van der Waals surface area contributed by atoms with E-state index in [4.69, 9.17) is 67.8 Å². The molecule has 0 aromatic heterocycles. The van der Waals surface area contributed by atoms with Crippen LogP contribution in [0.5, 0.6) is 0 Å². The van der Waals surface area contributed by atoms with Crippen LogP contribution in [0.1, 0.15) is 25.3 Å². The Labute approximate surface area is 195 Å². The second-order valence-electron chi connectivity index (χ2n) is 4.79. The molecule has 0 spiro atoms. The molecule has 1 heterocycles. The van der Waals surface area contributed by atoms with Gasteiger partial charge in [0.15, 0.2) is 4.30 Å². The van der Waals surface area contributed by atoms with E-state index in [1.165, 1.54) is 18.4 Å². The molecule has 0 saturated carbocycles. The van der Waals surface area contributed by atoms with Gasteiger partial charge in [-0.25, -0.2) is 0 Å². The molecule has 1 N–H and O–H groups in total. The topological polar surface area (TPSA) is 29.5 Å². The van der Waals surface area contributed by atoms with Gasteiger partial charge in [0, 0.05) is 19.8 Å². The van der Waals surface area contributed by atoms with E-state index in [9.17, 15) is 0 Å². The maximum Gasteiger partial charge on any atom is 0.180 e. The fourth-order valence-corrected chi connectivity index (χ4v) is 1.43. The van der Waals surface area contributed by atoms with Crippen LogP contribution >= 0.6 is 58.0 Å². The molecule has 28 heavy (non-hydrogen) atoms. The molecule has 2 aromatic rings. The molecule has 0 radical (unpaired) electrons. The van der Waals surface area contributed by atoms with E-state index in [0.29, 0.717) is 0 Å². The summed E-state index contributed by atoms with van der Waals surface area (Å²) in [7, 11) is 0. The van der Waals surface area contributed by atoms with Crippen molar-refractivity contribution in [1.82, 2.24) is 0 Å². The van der Waals surface area contributed by atoms with Gasteiger partial charge < -0.3 is 9.84 Å². The number of ether oxygens (including phenoxy) is 1. The second kappa shape index (κ2) is 31.5. The molecule has 3 rings (SSSR count). The van der Waals surface area contributed by atoms with E-state index >= 15 is 0 Å². The number of aryl methyl sites for hydroxylation is 1. The summed E-state index contributed by atoms with van der Waals surface area (Å²) in [5.41, 5.74) is 1.32. The van der Waals surface area contributed by atoms with Crippen molar-refractivity contribution in [2.75, 3.05) is 25.2 Å². The molecule has 7 heteroatoms. The van der Waals surface area contributed by atoms with Gasteiger partial charge in [-0.3, -0.25) is 0 Å². The molecule has 1 aliphatic rings. The summed E-state index contributed by atoms with van der Waals surface area (Å²) in [6.07, 6.45) is 2.56. The summed E-state index contributed by atoms with van der Waals surface area (Å²) >= 11 is 23.9. The Bertz CT molecular complexity index is 416. The number of aliphatic hydroxyl groups excluding tert-OH is 1. The second-order valence-corrected chi connectivity index (χ2v) is 7.58. The van der Waals surface area contributed by atoms with Crippen molar-refractivity contribution in [3.05, 3.63) is 72.3 Å². The van der Waals surface area contributed by atoms with Gasteiger partial charge in [0.2, 0.25) is 0 Å². The molecule has 162 valence electrons. The van der Waals surface area contributed by atoms with E-state index in [1.54, 1.807) is 6.92 Å². The Balaban J connectivity index is -0.000000277. The molecule has 0 bridgehead atoms. The van der Waals surface area contributed by atoms with E-state index in [0.717, 1.165) is 13.2 Å². The van der Waals surface area contributed by atoms with Crippen LogP contribution in [0, 0.1) is 6.92 Å². The molecule has 1 saturated heterocycles. The lowest BCUT2D eigenvalue weighted by Gasteiger charge is -1.82. The first-order valence-electron chi connectivity index (χ1n) is 8.70. The predicted molar refractivity (Wildman–Crippen MR) is 128 cm³/mol. The van der Waals surface area contributed by atoms with Gasteiger partial charge in [0.1, 0.15) is 0 Å². The van der Waals surface area contributed by atoms with Crippen molar-refractivity contribution >= 4 is 58.0 Å². The van der Waals surface area contributed by atoms with Gasteiger partial charge in [-0.2, -0.15) is 0 Å². The van der Waals surface area contributed by atoms with Gasteiger partial charge in [-0.05, 0) is 26.7 Å². The Morgan fingerprint density at radius 1 is 0.821 bits per heavy atom. The molecule has 0 unspecified atom stereocenters. The minimum Gasteiger partial charge on any atom is -0.397 e. The smallest absolute Gasteiger partial charge is 0.180 e. The number of alkyl halides is 5. The first kappa shape index (κ1) is 32.5. The number of benzene rings is 2. The number of halogens is 5. The number of hydrogen-bond donors (Lipinski definition) is 1. The van der Waals surface area contributed by atoms with Crippen LogP contribution in [0.2, 0.25) is 0 Å². The molecule has 1 fully saturated rings. The lowest BCUT2D eigenvalue weighted by Crippen LogP contribution is -1.74. The standard InChI is InChI=1S/C7H8.C6H6.C4H8O.C2H6O.CHCl3.CH2Cl2/c1-7-5-3-2-4-6-7;1-2-4-6-5-3-1;1-2-4-5-3-1;1-2-3;2-1(3)4;2-1-3/h2-6H,1H3;1-6H;1-4H2;3H,2H2,1H3;1H;1H2. The van der Waals surface area contributed by atoms with Crippen LogP contribution in [-0.4, -0.2) is 34.6 Å². The van der Waals surface area contributed by atoms with E-state index in [2.05, 4.69) is 19.1 Å². The highest BCUT2D eigenvalue weighted by molar-refractivity contribution is 6.63. The van der Waals surface area contributed by atoms with Crippen LogP contribution in [0.25, 0.3) is 0 Å². The summed E-state index contributed by atoms with van der Waals surface area (Å²) in [5, 5.41) is 7.76. The fraction of sp³-hybridized carbons (Fsp3) is 0.429. The SMILES string of the molecule is C1CCOC1.CCO.Cc1ccccc1.ClC(Cl)Cl.ClCCl.c1ccccc1. The highest BCUT2D eigenvalue weighted by atomic mass is 35.6. The fourth-order valence-electron chi connectivity index (χ4n) is 1.43. The van der Waals surface area contributed by atoms with Crippen LogP contribution in [0.4, 0.5) is 0 Å². The number of hydrogen-bond acceptors (Lipinski definition) is 2.